The first-order valence-corrected chi connectivity index (χ1v) is 5.52. The van der Waals surface area contributed by atoms with Crippen molar-refractivity contribution in [2.75, 3.05) is 31.2 Å². The van der Waals surface area contributed by atoms with Crippen LogP contribution in [0.1, 0.15) is 11.1 Å². The van der Waals surface area contributed by atoms with E-state index in [-0.39, 0.29) is 19.0 Å². The number of aliphatic hydroxyl groups excluding tert-OH is 2. The van der Waals surface area contributed by atoms with Crippen LogP contribution in [0.15, 0.2) is 18.2 Å². The third-order valence-corrected chi connectivity index (χ3v) is 2.61. The molecule has 0 unspecified atom stereocenters. The number of hydrogen-bond donors (Lipinski definition) is 4. The second kappa shape index (κ2) is 6.22. The van der Waals surface area contributed by atoms with Crippen LogP contribution < -0.4 is 10.6 Å². The minimum atomic E-state index is 0.0352. The number of nitrogens with two attached hydrogens (primary N) is 1. The van der Waals surface area contributed by atoms with Crippen molar-refractivity contribution in [2.45, 2.75) is 6.92 Å². The molecule has 0 aliphatic carbocycles. The molecule has 0 bridgehead atoms. The van der Waals surface area contributed by atoms with E-state index < -0.39 is 0 Å². The number of aliphatic hydroxyl groups is 2. The molecule has 5 nitrogen and oxygen atoms in total. The maximum atomic E-state index is 8.96. The maximum absolute atomic E-state index is 8.96. The van der Waals surface area contributed by atoms with Crippen molar-refractivity contribution in [2.24, 2.45) is 5.73 Å². The van der Waals surface area contributed by atoms with Gasteiger partial charge in [-0.15, -0.1) is 0 Å². The van der Waals surface area contributed by atoms with E-state index in [0.29, 0.717) is 18.7 Å². The Kier molecular flexibility index (Phi) is 4.93. The summed E-state index contributed by atoms with van der Waals surface area (Å²) in [4.78, 5) is 1.89. The molecule has 0 saturated carbocycles. The number of benzene rings is 1. The van der Waals surface area contributed by atoms with Gasteiger partial charge in [0, 0.05) is 24.3 Å². The summed E-state index contributed by atoms with van der Waals surface area (Å²) >= 11 is 0. The highest BCUT2D eigenvalue weighted by atomic mass is 16.3. The Labute approximate surface area is 101 Å². The molecule has 1 aromatic carbocycles. The fourth-order valence-corrected chi connectivity index (χ4v) is 1.76. The van der Waals surface area contributed by atoms with Crippen molar-refractivity contribution in [3.8, 4) is 0 Å². The van der Waals surface area contributed by atoms with Crippen LogP contribution in [0.5, 0.6) is 0 Å². The zero-order valence-corrected chi connectivity index (χ0v) is 9.98. The van der Waals surface area contributed by atoms with Gasteiger partial charge in [0.1, 0.15) is 5.84 Å². The quantitative estimate of drug-likeness (QED) is 0.416. The highest BCUT2D eigenvalue weighted by molar-refractivity contribution is 5.96. The molecule has 0 heterocycles. The Hall–Kier alpha value is -1.59. The van der Waals surface area contributed by atoms with Crippen LogP contribution in [0.25, 0.3) is 0 Å². The second-order valence-corrected chi connectivity index (χ2v) is 3.85. The molecule has 0 aliphatic rings. The molecule has 0 aromatic heterocycles. The molecular formula is C12H19N3O2. The molecule has 17 heavy (non-hydrogen) atoms. The standard InChI is InChI=1S/C12H19N3O2/c1-9-8-10(2-3-11(9)12(13)14)15(4-6-16)5-7-17/h2-3,8,16-17H,4-7H2,1H3,(H3,13,14). The van der Waals surface area contributed by atoms with Gasteiger partial charge in [-0.2, -0.15) is 0 Å². The third kappa shape index (κ3) is 3.44. The fraction of sp³-hybridized carbons (Fsp3) is 0.417. The zero-order chi connectivity index (χ0) is 12.8. The van der Waals surface area contributed by atoms with Gasteiger partial charge in [-0.1, -0.05) is 0 Å². The number of nitrogens with one attached hydrogen (secondary N) is 1. The number of nitrogens with zero attached hydrogens (tertiary/aromatic N) is 1. The summed E-state index contributed by atoms with van der Waals surface area (Å²) in [6.07, 6.45) is 0. The molecular weight excluding hydrogens is 218 g/mol. The van der Waals surface area contributed by atoms with Crippen molar-refractivity contribution in [1.29, 1.82) is 5.41 Å². The van der Waals surface area contributed by atoms with E-state index in [1.54, 1.807) is 6.07 Å². The number of aryl methyl sites for hydroxylation is 1. The molecule has 5 heteroatoms. The molecule has 1 aromatic rings. The summed E-state index contributed by atoms with van der Waals surface area (Å²) < 4.78 is 0. The molecule has 1 rings (SSSR count). The molecule has 94 valence electrons. The van der Waals surface area contributed by atoms with E-state index in [9.17, 15) is 0 Å². The summed E-state index contributed by atoms with van der Waals surface area (Å²) in [5.41, 5.74) is 7.98. The van der Waals surface area contributed by atoms with Gasteiger partial charge in [-0.05, 0) is 30.7 Å². The lowest BCUT2D eigenvalue weighted by molar-refractivity contribution is 0.281. The van der Waals surface area contributed by atoms with Gasteiger partial charge in [-0.3, -0.25) is 5.41 Å². The Morgan fingerprint density at radius 3 is 2.29 bits per heavy atom. The van der Waals surface area contributed by atoms with Crippen LogP contribution in [-0.4, -0.2) is 42.4 Å². The monoisotopic (exact) mass is 237 g/mol. The first-order chi connectivity index (χ1) is 8.10. The molecule has 0 fully saturated rings. The molecule has 0 amide bonds. The summed E-state index contributed by atoms with van der Waals surface area (Å²) in [6, 6.07) is 5.53. The van der Waals surface area contributed by atoms with Gasteiger partial charge in [0.15, 0.2) is 0 Å². The number of rotatable bonds is 6. The molecule has 0 atom stereocenters. The van der Waals surface area contributed by atoms with Crippen molar-refractivity contribution in [3.63, 3.8) is 0 Å². The van der Waals surface area contributed by atoms with Gasteiger partial charge in [0.25, 0.3) is 0 Å². The fourth-order valence-electron chi connectivity index (χ4n) is 1.76. The smallest absolute Gasteiger partial charge is 0.123 e. The molecule has 5 N–H and O–H groups in total. The minimum absolute atomic E-state index is 0.0352. The van der Waals surface area contributed by atoms with Crippen LogP contribution in [0.4, 0.5) is 5.69 Å². The number of amidine groups is 1. The first kappa shape index (κ1) is 13.5. The lowest BCUT2D eigenvalue weighted by atomic mass is 10.1. The third-order valence-electron chi connectivity index (χ3n) is 2.61. The summed E-state index contributed by atoms with van der Waals surface area (Å²) in [5.74, 6) is 0.0462. The van der Waals surface area contributed by atoms with Crippen LogP contribution >= 0.6 is 0 Å². The van der Waals surface area contributed by atoms with Crippen molar-refractivity contribution < 1.29 is 10.2 Å². The highest BCUT2D eigenvalue weighted by Crippen LogP contribution is 2.18. The van der Waals surface area contributed by atoms with Crippen LogP contribution in [-0.2, 0) is 0 Å². The summed E-state index contributed by atoms with van der Waals surface area (Å²) in [5, 5.41) is 25.3. The van der Waals surface area contributed by atoms with Crippen molar-refractivity contribution in [1.82, 2.24) is 0 Å². The molecule has 0 radical (unpaired) electrons. The van der Waals surface area contributed by atoms with Crippen LogP contribution in [0.3, 0.4) is 0 Å². The normalized spacial score (nSPS) is 10.3. The predicted molar refractivity (Wildman–Crippen MR) is 68.6 cm³/mol. The van der Waals surface area contributed by atoms with E-state index in [1.807, 2.05) is 24.0 Å². The topological polar surface area (TPSA) is 93.6 Å². The number of nitrogen functional groups attached to an aromatic ring is 1. The Morgan fingerprint density at radius 1 is 1.29 bits per heavy atom. The lowest BCUT2D eigenvalue weighted by Crippen LogP contribution is -2.29. The Morgan fingerprint density at radius 2 is 1.88 bits per heavy atom. The predicted octanol–water partition coefficient (Wildman–Crippen LogP) is 0.0701. The summed E-state index contributed by atoms with van der Waals surface area (Å²) in [7, 11) is 0. The Balaban J connectivity index is 2.97. The van der Waals surface area contributed by atoms with Crippen molar-refractivity contribution >= 4 is 11.5 Å². The SMILES string of the molecule is Cc1cc(N(CCO)CCO)ccc1C(=N)N. The number of anilines is 1. The van der Waals surface area contributed by atoms with Crippen molar-refractivity contribution in [3.05, 3.63) is 29.3 Å². The average Bonchev–Trinajstić information content (AvgIpc) is 2.28. The van der Waals surface area contributed by atoms with Gasteiger partial charge in [0.05, 0.1) is 13.2 Å². The summed E-state index contributed by atoms with van der Waals surface area (Å²) in [6.45, 7) is 2.90. The van der Waals surface area contributed by atoms with Crippen LogP contribution in [0, 0.1) is 12.3 Å². The van der Waals surface area contributed by atoms with Gasteiger partial charge in [-0.25, -0.2) is 0 Å². The van der Waals surface area contributed by atoms with Gasteiger partial charge >= 0.3 is 0 Å². The van der Waals surface area contributed by atoms with E-state index >= 15 is 0 Å². The highest BCUT2D eigenvalue weighted by Gasteiger charge is 2.08. The Bertz CT molecular complexity index is 387. The maximum Gasteiger partial charge on any atom is 0.123 e. The molecule has 0 saturated heterocycles. The van der Waals surface area contributed by atoms with Gasteiger partial charge in [0.2, 0.25) is 0 Å². The van der Waals surface area contributed by atoms with E-state index in [4.69, 9.17) is 21.4 Å². The van der Waals surface area contributed by atoms with E-state index in [2.05, 4.69) is 0 Å². The lowest BCUT2D eigenvalue weighted by Gasteiger charge is -2.23. The average molecular weight is 237 g/mol. The molecule has 0 aliphatic heterocycles. The zero-order valence-electron chi connectivity index (χ0n) is 9.98. The first-order valence-electron chi connectivity index (χ1n) is 5.52. The number of hydrogen-bond acceptors (Lipinski definition) is 4. The second-order valence-electron chi connectivity index (χ2n) is 3.85. The van der Waals surface area contributed by atoms with Crippen LogP contribution in [0.2, 0.25) is 0 Å². The largest absolute Gasteiger partial charge is 0.395 e. The molecule has 0 spiro atoms. The van der Waals surface area contributed by atoms with E-state index in [1.165, 1.54) is 0 Å². The minimum Gasteiger partial charge on any atom is -0.395 e. The van der Waals surface area contributed by atoms with E-state index in [0.717, 1.165) is 11.3 Å². The van der Waals surface area contributed by atoms with Gasteiger partial charge < -0.3 is 20.8 Å².